The van der Waals surface area contributed by atoms with Crippen molar-refractivity contribution in [2.45, 2.75) is 65.0 Å². The molecule has 0 aliphatic heterocycles. The molecule has 1 N–H and O–H groups in total. The molecule has 0 bridgehead atoms. The summed E-state index contributed by atoms with van der Waals surface area (Å²) in [5.41, 5.74) is -0.547. The van der Waals surface area contributed by atoms with Crippen LogP contribution in [0.15, 0.2) is 0 Å². The second kappa shape index (κ2) is 9.68. The Labute approximate surface area is 116 Å². The summed E-state index contributed by atoms with van der Waals surface area (Å²) < 4.78 is 4.90. The molecule has 4 heteroatoms. The summed E-state index contributed by atoms with van der Waals surface area (Å²) in [6.45, 7) is 8.26. The maximum Gasteiger partial charge on any atom is 0.325 e. The summed E-state index contributed by atoms with van der Waals surface area (Å²) in [5, 5.41) is 3.33. The van der Waals surface area contributed by atoms with Crippen molar-refractivity contribution >= 4 is 17.7 Å². The van der Waals surface area contributed by atoms with Crippen molar-refractivity contribution in [2.75, 3.05) is 18.6 Å². The van der Waals surface area contributed by atoms with Crippen molar-refractivity contribution in [3.63, 3.8) is 0 Å². The number of hydrogen-bond donors (Lipinski definition) is 1. The number of unbranched alkanes of at least 4 members (excludes halogenated alkanes) is 1. The molecule has 0 radical (unpaired) electrons. The lowest BCUT2D eigenvalue weighted by molar-refractivity contribution is -0.148. The largest absolute Gasteiger partial charge is 0.468 e. The van der Waals surface area contributed by atoms with E-state index in [0.29, 0.717) is 0 Å². The predicted molar refractivity (Wildman–Crippen MR) is 80.2 cm³/mol. The average molecular weight is 275 g/mol. The molecule has 0 amide bonds. The van der Waals surface area contributed by atoms with Crippen molar-refractivity contribution in [1.29, 1.82) is 0 Å². The standard InChI is InChI=1S/C14H29NO2S/c1-6-7-10-18-11-8-9-14(4,13(16)17-5)15-12(2)3/h12,15H,6-11H2,1-5H3. The quantitative estimate of drug-likeness (QED) is 0.491. The molecular weight excluding hydrogens is 246 g/mol. The molecule has 0 heterocycles. The Kier molecular flexibility index (Phi) is 9.56. The van der Waals surface area contributed by atoms with Gasteiger partial charge in [-0.05, 0) is 51.5 Å². The molecule has 18 heavy (non-hydrogen) atoms. The van der Waals surface area contributed by atoms with Gasteiger partial charge >= 0.3 is 5.97 Å². The molecule has 0 rings (SSSR count). The van der Waals surface area contributed by atoms with Crippen molar-refractivity contribution in [3.05, 3.63) is 0 Å². The van der Waals surface area contributed by atoms with Gasteiger partial charge in [-0.1, -0.05) is 13.3 Å². The molecule has 3 nitrogen and oxygen atoms in total. The lowest BCUT2D eigenvalue weighted by Crippen LogP contribution is -2.53. The number of esters is 1. The third-order valence-electron chi connectivity index (χ3n) is 2.85. The molecular formula is C14H29NO2S. The number of thioether (sulfide) groups is 1. The highest BCUT2D eigenvalue weighted by atomic mass is 32.2. The number of hydrogen-bond acceptors (Lipinski definition) is 4. The SMILES string of the molecule is CCCCSCCCC(C)(NC(C)C)C(=O)OC. The molecule has 0 saturated heterocycles. The van der Waals surface area contributed by atoms with Crippen LogP contribution < -0.4 is 5.32 Å². The van der Waals surface area contributed by atoms with Gasteiger partial charge in [0, 0.05) is 6.04 Å². The Bertz CT molecular complexity index is 234. The summed E-state index contributed by atoms with van der Waals surface area (Å²) >= 11 is 1.98. The van der Waals surface area contributed by atoms with E-state index < -0.39 is 5.54 Å². The number of carbonyl (C=O) groups is 1. The van der Waals surface area contributed by atoms with Gasteiger partial charge in [0.1, 0.15) is 5.54 Å². The van der Waals surface area contributed by atoms with Gasteiger partial charge < -0.3 is 4.74 Å². The van der Waals surface area contributed by atoms with Crippen molar-refractivity contribution in [3.8, 4) is 0 Å². The normalized spacial score (nSPS) is 14.6. The summed E-state index contributed by atoms with van der Waals surface area (Å²) in [6, 6.07) is 0.279. The molecule has 108 valence electrons. The van der Waals surface area contributed by atoms with Crippen LogP contribution in [0.3, 0.4) is 0 Å². The molecule has 0 saturated carbocycles. The van der Waals surface area contributed by atoms with Gasteiger partial charge in [-0.2, -0.15) is 11.8 Å². The van der Waals surface area contributed by atoms with Crippen LogP contribution in [0.5, 0.6) is 0 Å². The van der Waals surface area contributed by atoms with Gasteiger partial charge in [-0.25, -0.2) is 0 Å². The minimum atomic E-state index is -0.547. The Hall–Kier alpha value is -0.220. The summed E-state index contributed by atoms with van der Waals surface area (Å²) in [4.78, 5) is 11.8. The monoisotopic (exact) mass is 275 g/mol. The van der Waals surface area contributed by atoms with E-state index >= 15 is 0 Å². The second-order valence-corrected chi connectivity index (χ2v) is 6.42. The van der Waals surface area contributed by atoms with E-state index in [1.165, 1.54) is 25.7 Å². The number of nitrogens with one attached hydrogen (secondary N) is 1. The molecule has 1 atom stereocenters. The minimum absolute atomic E-state index is 0.158. The summed E-state index contributed by atoms with van der Waals surface area (Å²) in [5.74, 6) is 2.19. The number of methoxy groups -OCH3 is 1. The van der Waals surface area contributed by atoms with Crippen LogP contribution in [0.2, 0.25) is 0 Å². The molecule has 0 aromatic carbocycles. The fourth-order valence-corrected chi connectivity index (χ4v) is 3.02. The first kappa shape index (κ1) is 17.8. The van der Waals surface area contributed by atoms with Crippen LogP contribution in [0, 0.1) is 0 Å². The van der Waals surface area contributed by atoms with Gasteiger partial charge in [0.2, 0.25) is 0 Å². The van der Waals surface area contributed by atoms with E-state index in [4.69, 9.17) is 4.74 Å². The van der Waals surface area contributed by atoms with Crippen LogP contribution in [0.1, 0.15) is 53.4 Å². The number of rotatable bonds is 10. The number of carbonyl (C=O) groups excluding carboxylic acids is 1. The molecule has 0 aliphatic carbocycles. The Morgan fingerprint density at radius 2 is 1.94 bits per heavy atom. The molecule has 1 unspecified atom stereocenters. The maximum atomic E-state index is 11.8. The molecule has 0 aromatic rings. The molecule has 0 aromatic heterocycles. The Morgan fingerprint density at radius 1 is 1.33 bits per heavy atom. The van der Waals surface area contributed by atoms with Crippen molar-refractivity contribution in [1.82, 2.24) is 5.32 Å². The predicted octanol–water partition coefficient (Wildman–Crippen LogP) is 3.23. The minimum Gasteiger partial charge on any atom is -0.468 e. The van der Waals surface area contributed by atoms with Gasteiger partial charge in [0.25, 0.3) is 0 Å². The van der Waals surface area contributed by atoms with E-state index in [1.807, 2.05) is 18.7 Å². The van der Waals surface area contributed by atoms with Gasteiger partial charge in [-0.15, -0.1) is 0 Å². The van der Waals surface area contributed by atoms with Gasteiger partial charge in [-0.3, -0.25) is 10.1 Å². The van der Waals surface area contributed by atoms with E-state index in [9.17, 15) is 4.79 Å². The zero-order valence-corrected chi connectivity index (χ0v) is 13.4. The van der Waals surface area contributed by atoms with Crippen LogP contribution in [0.25, 0.3) is 0 Å². The third-order valence-corrected chi connectivity index (χ3v) is 4.01. The molecule has 0 spiro atoms. The molecule has 0 fully saturated rings. The highest BCUT2D eigenvalue weighted by Gasteiger charge is 2.33. The lowest BCUT2D eigenvalue weighted by Gasteiger charge is -2.30. The molecule has 0 aliphatic rings. The third kappa shape index (κ3) is 7.27. The van der Waals surface area contributed by atoms with Crippen LogP contribution >= 0.6 is 11.8 Å². The van der Waals surface area contributed by atoms with E-state index in [0.717, 1.165) is 18.6 Å². The van der Waals surface area contributed by atoms with E-state index in [2.05, 4.69) is 26.1 Å². The van der Waals surface area contributed by atoms with Crippen LogP contribution in [0.4, 0.5) is 0 Å². The van der Waals surface area contributed by atoms with E-state index in [1.54, 1.807) is 0 Å². The highest BCUT2D eigenvalue weighted by molar-refractivity contribution is 7.99. The highest BCUT2D eigenvalue weighted by Crippen LogP contribution is 2.18. The first-order chi connectivity index (χ1) is 8.46. The zero-order valence-electron chi connectivity index (χ0n) is 12.5. The smallest absolute Gasteiger partial charge is 0.325 e. The van der Waals surface area contributed by atoms with Gasteiger partial charge in [0.15, 0.2) is 0 Å². The number of ether oxygens (including phenoxy) is 1. The zero-order chi connectivity index (χ0) is 14.0. The fraction of sp³-hybridized carbons (Fsp3) is 0.929. The summed E-state index contributed by atoms with van der Waals surface area (Å²) in [6.07, 6.45) is 4.40. The van der Waals surface area contributed by atoms with Crippen molar-refractivity contribution < 1.29 is 9.53 Å². The second-order valence-electron chi connectivity index (χ2n) is 5.19. The van der Waals surface area contributed by atoms with Crippen LogP contribution in [-0.2, 0) is 9.53 Å². The first-order valence-corrected chi connectivity index (χ1v) is 8.05. The first-order valence-electron chi connectivity index (χ1n) is 6.90. The Morgan fingerprint density at radius 3 is 2.44 bits per heavy atom. The van der Waals surface area contributed by atoms with Crippen LogP contribution in [-0.4, -0.2) is 36.2 Å². The summed E-state index contributed by atoms with van der Waals surface area (Å²) in [7, 11) is 1.46. The maximum absolute atomic E-state index is 11.8. The van der Waals surface area contributed by atoms with Crippen molar-refractivity contribution in [2.24, 2.45) is 0 Å². The topological polar surface area (TPSA) is 38.3 Å². The fourth-order valence-electron chi connectivity index (χ4n) is 1.97. The Balaban J connectivity index is 4.05. The average Bonchev–Trinajstić information content (AvgIpc) is 2.31. The van der Waals surface area contributed by atoms with Gasteiger partial charge in [0.05, 0.1) is 7.11 Å². The lowest BCUT2D eigenvalue weighted by atomic mass is 9.95. The van der Waals surface area contributed by atoms with E-state index in [-0.39, 0.29) is 12.0 Å².